The quantitative estimate of drug-likeness (QED) is 0.659. The molecule has 1 aromatic carbocycles. The van der Waals surface area contributed by atoms with Gasteiger partial charge in [-0.3, -0.25) is 14.5 Å². The van der Waals surface area contributed by atoms with Crippen molar-refractivity contribution in [3.05, 3.63) is 29.3 Å². The molecule has 0 bridgehead atoms. The molecule has 112 valence electrons. The number of imide groups is 1. The fourth-order valence-electron chi connectivity index (χ4n) is 2.22. The summed E-state index contributed by atoms with van der Waals surface area (Å²) in [4.78, 5) is 36.6. The molecular formula is C15H18N2O4. The van der Waals surface area contributed by atoms with Crippen LogP contribution in [0.5, 0.6) is 0 Å². The van der Waals surface area contributed by atoms with Gasteiger partial charge in [-0.15, -0.1) is 0 Å². The number of nitrogens with zero attached hydrogens (tertiary/aromatic N) is 1. The fourth-order valence-corrected chi connectivity index (χ4v) is 2.22. The molecule has 1 aromatic rings. The van der Waals surface area contributed by atoms with Gasteiger partial charge in [0, 0.05) is 12.7 Å². The molecule has 2 rings (SSSR count). The lowest BCUT2D eigenvalue weighted by Crippen LogP contribution is -2.30. The average molecular weight is 290 g/mol. The number of amides is 2. The maximum atomic E-state index is 11.9. The van der Waals surface area contributed by atoms with Gasteiger partial charge in [-0.25, -0.2) is 4.79 Å². The zero-order valence-corrected chi connectivity index (χ0v) is 12.3. The molecule has 0 fully saturated rings. The first-order chi connectivity index (χ1) is 9.99. The first-order valence-corrected chi connectivity index (χ1v) is 6.89. The SMILES string of the molecule is CCOC(=O)C(CC)Nc1ccc2c(c1)C(=O)N(C)C2=O. The molecule has 1 heterocycles. The minimum Gasteiger partial charge on any atom is -0.464 e. The van der Waals surface area contributed by atoms with Gasteiger partial charge in [0.05, 0.1) is 17.7 Å². The Morgan fingerprint density at radius 2 is 1.90 bits per heavy atom. The second-order valence-corrected chi connectivity index (χ2v) is 4.79. The highest BCUT2D eigenvalue weighted by molar-refractivity contribution is 6.21. The number of hydrogen-bond acceptors (Lipinski definition) is 5. The van der Waals surface area contributed by atoms with Crippen LogP contribution in [-0.2, 0) is 9.53 Å². The highest BCUT2D eigenvalue weighted by Crippen LogP contribution is 2.25. The normalized spacial score (nSPS) is 14.9. The highest BCUT2D eigenvalue weighted by Gasteiger charge is 2.33. The third-order valence-corrected chi connectivity index (χ3v) is 3.41. The number of carbonyl (C=O) groups is 3. The molecule has 0 saturated carbocycles. The second kappa shape index (κ2) is 5.95. The van der Waals surface area contributed by atoms with E-state index >= 15 is 0 Å². The Bertz CT molecular complexity index is 597. The molecule has 1 N–H and O–H groups in total. The summed E-state index contributed by atoms with van der Waals surface area (Å²) in [5, 5.41) is 3.04. The van der Waals surface area contributed by atoms with Crippen LogP contribution < -0.4 is 5.32 Å². The number of ether oxygens (including phenoxy) is 1. The predicted molar refractivity (Wildman–Crippen MR) is 77.2 cm³/mol. The fraction of sp³-hybridized carbons (Fsp3) is 0.400. The van der Waals surface area contributed by atoms with Gasteiger partial charge in [-0.2, -0.15) is 0 Å². The zero-order valence-electron chi connectivity index (χ0n) is 12.3. The standard InChI is InChI=1S/C15H18N2O4/c1-4-12(15(20)21-5-2)16-9-6-7-10-11(8-9)14(19)17(3)13(10)18/h6-8,12,16H,4-5H2,1-3H3. The van der Waals surface area contributed by atoms with Crippen molar-refractivity contribution < 1.29 is 19.1 Å². The van der Waals surface area contributed by atoms with Gasteiger partial charge in [0.1, 0.15) is 6.04 Å². The van der Waals surface area contributed by atoms with Crippen molar-refractivity contribution in [2.45, 2.75) is 26.3 Å². The molecular weight excluding hydrogens is 272 g/mol. The van der Waals surface area contributed by atoms with Crippen LogP contribution in [0.1, 0.15) is 41.0 Å². The molecule has 0 radical (unpaired) electrons. The maximum absolute atomic E-state index is 11.9. The lowest BCUT2D eigenvalue weighted by molar-refractivity contribution is -0.144. The van der Waals surface area contributed by atoms with Crippen LogP contribution in [0, 0.1) is 0 Å². The molecule has 6 heteroatoms. The van der Waals surface area contributed by atoms with E-state index in [9.17, 15) is 14.4 Å². The monoisotopic (exact) mass is 290 g/mol. The third kappa shape index (κ3) is 2.74. The molecule has 6 nitrogen and oxygen atoms in total. The van der Waals surface area contributed by atoms with Crippen LogP contribution in [0.3, 0.4) is 0 Å². The summed E-state index contributed by atoms with van der Waals surface area (Å²) in [6.07, 6.45) is 0.558. The number of fused-ring (bicyclic) bond motifs is 1. The van der Waals surface area contributed by atoms with Crippen LogP contribution in [-0.4, -0.2) is 42.4 Å². The van der Waals surface area contributed by atoms with Crippen molar-refractivity contribution in [3.63, 3.8) is 0 Å². The van der Waals surface area contributed by atoms with Crippen molar-refractivity contribution in [1.29, 1.82) is 0 Å². The Morgan fingerprint density at radius 3 is 2.52 bits per heavy atom. The van der Waals surface area contributed by atoms with Gasteiger partial charge in [-0.05, 0) is 31.5 Å². The van der Waals surface area contributed by atoms with E-state index in [0.29, 0.717) is 29.8 Å². The van der Waals surface area contributed by atoms with Crippen LogP contribution >= 0.6 is 0 Å². The number of nitrogens with one attached hydrogen (secondary N) is 1. The zero-order chi connectivity index (χ0) is 15.6. The lowest BCUT2D eigenvalue weighted by atomic mass is 10.1. The van der Waals surface area contributed by atoms with Gasteiger partial charge in [-0.1, -0.05) is 6.92 Å². The smallest absolute Gasteiger partial charge is 0.328 e. The number of rotatable bonds is 5. The van der Waals surface area contributed by atoms with Crippen molar-refractivity contribution >= 4 is 23.5 Å². The van der Waals surface area contributed by atoms with Crippen LogP contribution in [0.2, 0.25) is 0 Å². The lowest BCUT2D eigenvalue weighted by Gasteiger charge is -2.16. The molecule has 21 heavy (non-hydrogen) atoms. The van der Waals surface area contributed by atoms with Crippen molar-refractivity contribution in [3.8, 4) is 0 Å². The van der Waals surface area contributed by atoms with Gasteiger partial charge in [0.2, 0.25) is 0 Å². The van der Waals surface area contributed by atoms with Gasteiger partial charge < -0.3 is 10.1 Å². The largest absolute Gasteiger partial charge is 0.464 e. The molecule has 0 aliphatic carbocycles. The Balaban J connectivity index is 2.22. The van der Waals surface area contributed by atoms with Crippen molar-refractivity contribution in [2.24, 2.45) is 0 Å². The molecule has 1 atom stereocenters. The molecule has 1 aliphatic heterocycles. The van der Waals surface area contributed by atoms with E-state index < -0.39 is 6.04 Å². The average Bonchev–Trinajstić information content (AvgIpc) is 2.69. The van der Waals surface area contributed by atoms with Gasteiger partial charge >= 0.3 is 5.97 Å². The van der Waals surface area contributed by atoms with Gasteiger partial charge in [0.15, 0.2) is 0 Å². The Hall–Kier alpha value is -2.37. The summed E-state index contributed by atoms with van der Waals surface area (Å²) in [5.74, 6) is -0.971. The van der Waals surface area contributed by atoms with E-state index in [2.05, 4.69) is 5.32 Å². The molecule has 0 aromatic heterocycles. The van der Waals surface area contributed by atoms with E-state index in [1.807, 2.05) is 6.92 Å². The van der Waals surface area contributed by atoms with Crippen LogP contribution in [0.25, 0.3) is 0 Å². The summed E-state index contributed by atoms with van der Waals surface area (Å²) >= 11 is 0. The topological polar surface area (TPSA) is 75.7 Å². The second-order valence-electron chi connectivity index (χ2n) is 4.79. The van der Waals surface area contributed by atoms with Crippen molar-refractivity contribution in [1.82, 2.24) is 4.90 Å². The summed E-state index contributed by atoms with van der Waals surface area (Å²) < 4.78 is 4.98. The first-order valence-electron chi connectivity index (χ1n) is 6.89. The summed E-state index contributed by atoms with van der Waals surface area (Å²) in [7, 11) is 1.45. The summed E-state index contributed by atoms with van der Waals surface area (Å²) in [6, 6.07) is 4.40. The maximum Gasteiger partial charge on any atom is 0.328 e. The summed E-state index contributed by atoms with van der Waals surface area (Å²) in [5.41, 5.74) is 1.36. The minimum atomic E-state index is -0.479. The van der Waals surface area contributed by atoms with Gasteiger partial charge in [0.25, 0.3) is 11.8 Å². The minimum absolute atomic E-state index is 0.306. The number of hydrogen-bond donors (Lipinski definition) is 1. The highest BCUT2D eigenvalue weighted by atomic mass is 16.5. The van der Waals surface area contributed by atoms with E-state index in [1.54, 1.807) is 25.1 Å². The third-order valence-electron chi connectivity index (χ3n) is 3.41. The summed E-state index contributed by atoms with van der Waals surface area (Å²) in [6.45, 7) is 3.93. The molecule has 0 spiro atoms. The van der Waals surface area contributed by atoms with Crippen LogP contribution in [0.4, 0.5) is 5.69 Å². The molecule has 2 amide bonds. The predicted octanol–water partition coefficient (Wildman–Crippen LogP) is 1.67. The van der Waals surface area contributed by atoms with E-state index in [4.69, 9.17) is 4.74 Å². The Morgan fingerprint density at radius 1 is 1.24 bits per heavy atom. The molecule has 1 aliphatic rings. The molecule has 0 saturated heterocycles. The Labute approximate surface area is 123 Å². The number of benzene rings is 1. The Kier molecular flexibility index (Phi) is 4.26. The first kappa shape index (κ1) is 15.0. The number of anilines is 1. The number of esters is 1. The van der Waals surface area contributed by atoms with E-state index in [1.165, 1.54) is 7.05 Å². The van der Waals surface area contributed by atoms with Crippen LogP contribution in [0.15, 0.2) is 18.2 Å². The molecule has 1 unspecified atom stereocenters. The number of carbonyl (C=O) groups excluding carboxylic acids is 3. The van der Waals surface area contributed by atoms with Crippen molar-refractivity contribution in [2.75, 3.05) is 19.0 Å². The van der Waals surface area contributed by atoms with E-state index in [-0.39, 0.29) is 17.8 Å². The van der Waals surface area contributed by atoms with E-state index in [0.717, 1.165) is 4.90 Å².